The minimum absolute atomic E-state index is 0.567. The van der Waals surface area contributed by atoms with Gasteiger partial charge in [-0.2, -0.15) is 0 Å². The third-order valence-corrected chi connectivity index (χ3v) is 5.06. The first-order valence-electron chi connectivity index (χ1n) is 7.68. The summed E-state index contributed by atoms with van der Waals surface area (Å²) < 4.78 is 0. The molecular weight excluding hydrogens is 260 g/mol. The second-order valence-electron chi connectivity index (χ2n) is 6.42. The molecule has 3 heteroatoms. The Labute approximate surface area is 125 Å². The molecule has 0 spiro atoms. The number of pyridine rings is 1. The van der Waals surface area contributed by atoms with E-state index in [0.29, 0.717) is 11.8 Å². The number of rotatable bonds is 2. The Hall–Kier alpha value is -1.87. The molecule has 2 aromatic rings. The molecule has 1 aliphatic heterocycles. The molecule has 1 aromatic carbocycles. The summed E-state index contributed by atoms with van der Waals surface area (Å²) in [4.78, 5) is 6.81. The van der Waals surface area contributed by atoms with Gasteiger partial charge in [-0.1, -0.05) is 36.4 Å². The van der Waals surface area contributed by atoms with Crippen LogP contribution in [0.5, 0.6) is 0 Å². The van der Waals surface area contributed by atoms with Crippen LogP contribution in [0.3, 0.4) is 0 Å². The van der Waals surface area contributed by atoms with Crippen LogP contribution < -0.4 is 4.90 Å². The summed E-state index contributed by atoms with van der Waals surface area (Å²) in [5.41, 5.74) is 0.441. The highest BCUT2D eigenvalue weighted by Gasteiger charge is 2.49. The lowest BCUT2D eigenvalue weighted by molar-refractivity contribution is 0.0365. The van der Waals surface area contributed by atoms with Crippen LogP contribution in [0.2, 0.25) is 0 Å². The maximum absolute atomic E-state index is 11.0. The molecule has 0 amide bonds. The number of aliphatic hydroxyl groups is 1. The van der Waals surface area contributed by atoms with E-state index >= 15 is 0 Å². The van der Waals surface area contributed by atoms with Gasteiger partial charge in [0.05, 0.1) is 5.60 Å². The van der Waals surface area contributed by atoms with Crippen LogP contribution in [0.25, 0.3) is 0 Å². The number of hydrogen-bond donors (Lipinski definition) is 1. The maximum Gasteiger partial charge on any atom is 0.128 e. The fourth-order valence-electron chi connectivity index (χ4n) is 4.06. The minimum atomic E-state index is -0.632. The van der Waals surface area contributed by atoms with E-state index in [0.717, 1.165) is 37.3 Å². The molecule has 1 saturated heterocycles. The van der Waals surface area contributed by atoms with Crippen molar-refractivity contribution in [3.05, 3.63) is 60.3 Å². The van der Waals surface area contributed by atoms with Crippen molar-refractivity contribution in [1.29, 1.82) is 0 Å². The summed E-state index contributed by atoms with van der Waals surface area (Å²) in [7, 11) is 0. The minimum Gasteiger partial charge on any atom is -0.385 e. The van der Waals surface area contributed by atoms with Crippen LogP contribution in [0.4, 0.5) is 5.82 Å². The Balaban J connectivity index is 1.51. The maximum atomic E-state index is 11.0. The van der Waals surface area contributed by atoms with Crippen molar-refractivity contribution in [2.75, 3.05) is 18.0 Å². The second-order valence-corrected chi connectivity index (χ2v) is 6.42. The molecule has 1 aromatic heterocycles. The van der Waals surface area contributed by atoms with Gasteiger partial charge in [0.2, 0.25) is 0 Å². The van der Waals surface area contributed by atoms with Gasteiger partial charge < -0.3 is 10.0 Å². The second kappa shape index (κ2) is 4.85. The van der Waals surface area contributed by atoms with E-state index in [1.165, 1.54) is 0 Å². The zero-order chi connectivity index (χ0) is 14.3. The molecule has 3 atom stereocenters. The van der Waals surface area contributed by atoms with Crippen molar-refractivity contribution >= 4 is 5.82 Å². The standard InChI is InChI=1S/C18H20N2O/c21-18(16-6-2-1-3-7-16)10-14-12-20(13-15(14)11-18)17-8-4-5-9-19-17/h1-9,14-15,21H,10-13H2/t14-,15+,18?. The third kappa shape index (κ3) is 2.22. The number of hydrogen-bond acceptors (Lipinski definition) is 3. The van der Waals surface area contributed by atoms with Gasteiger partial charge >= 0.3 is 0 Å². The van der Waals surface area contributed by atoms with E-state index in [9.17, 15) is 5.11 Å². The van der Waals surface area contributed by atoms with Crippen LogP contribution in [-0.4, -0.2) is 23.2 Å². The highest BCUT2D eigenvalue weighted by molar-refractivity contribution is 5.40. The topological polar surface area (TPSA) is 36.4 Å². The first-order valence-corrected chi connectivity index (χ1v) is 7.68. The van der Waals surface area contributed by atoms with E-state index in [2.05, 4.69) is 28.1 Å². The number of benzene rings is 1. The summed E-state index contributed by atoms with van der Waals surface area (Å²) in [6.07, 6.45) is 3.58. The zero-order valence-corrected chi connectivity index (χ0v) is 12.0. The van der Waals surface area contributed by atoms with Gasteiger partial charge in [-0.05, 0) is 42.4 Å². The monoisotopic (exact) mass is 280 g/mol. The largest absolute Gasteiger partial charge is 0.385 e. The first-order chi connectivity index (χ1) is 10.2. The van der Waals surface area contributed by atoms with Crippen LogP contribution in [0.1, 0.15) is 18.4 Å². The average Bonchev–Trinajstić information content (AvgIpc) is 3.05. The summed E-state index contributed by atoms with van der Waals surface area (Å²) in [5, 5.41) is 11.0. The summed E-state index contributed by atoms with van der Waals surface area (Å²) in [6, 6.07) is 16.2. The lowest BCUT2D eigenvalue weighted by Crippen LogP contribution is -2.28. The molecule has 1 N–H and O–H groups in total. The predicted octanol–water partition coefficient (Wildman–Crippen LogP) is 2.82. The molecule has 4 rings (SSSR count). The van der Waals surface area contributed by atoms with Gasteiger partial charge in [-0.25, -0.2) is 4.98 Å². The van der Waals surface area contributed by atoms with Crippen molar-refractivity contribution in [3.8, 4) is 0 Å². The molecule has 1 unspecified atom stereocenters. The Morgan fingerprint density at radius 2 is 1.62 bits per heavy atom. The normalized spacial score (nSPS) is 31.4. The van der Waals surface area contributed by atoms with Gasteiger partial charge in [-0.15, -0.1) is 0 Å². The van der Waals surface area contributed by atoms with Gasteiger partial charge in [0, 0.05) is 19.3 Å². The molecule has 2 aliphatic rings. The van der Waals surface area contributed by atoms with Crippen molar-refractivity contribution in [1.82, 2.24) is 4.98 Å². The lowest BCUT2D eigenvalue weighted by Gasteiger charge is -2.26. The molecule has 2 fully saturated rings. The van der Waals surface area contributed by atoms with E-state index in [4.69, 9.17) is 0 Å². The molecule has 2 heterocycles. The Morgan fingerprint density at radius 3 is 2.24 bits per heavy atom. The molecule has 108 valence electrons. The molecule has 0 bridgehead atoms. The van der Waals surface area contributed by atoms with E-state index in [1.807, 2.05) is 36.5 Å². The number of fused-ring (bicyclic) bond motifs is 1. The molecular formula is C18H20N2O. The van der Waals surface area contributed by atoms with Crippen molar-refractivity contribution in [3.63, 3.8) is 0 Å². The van der Waals surface area contributed by atoms with Crippen molar-refractivity contribution in [2.24, 2.45) is 11.8 Å². The Morgan fingerprint density at radius 1 is 0.952 bits per heavy atom. The van der Waals surface area contributed by atoms with Gasteiger partial charge in [0.25, 0.3) is 0 Å². The molecule has 1 saturated carbocycles. The summed E-state index contributed by atoms with van der Waals surface area (Å²) in [6.45, 7) is 2.02. The quantitative estimate of drug-likeness (QED) is 0.919. The van der Waals surface area contributed by atoms with Gasteiger partial charge in [0.1, 0.15) is 5.82 Å². The molecule has 21 heavy (non-hydrogen) atoms. The fraction of sp³-hybridized carbons (Fsp3) is 0.389. The van der Waals surface area contributed by atoms with E-state index < -0.39 is 5.60 Å². The number of anilines is 1. The molecule has 1 aliphatic carbocycles. The summed E-state index contributed by atoms with van der Waals surface area (Å²) in [5.74, 6) is 2.20. The zero-order valence-electron chi connectivity index (χ0n) is 12.0. The Kier molecular flexibility index (Phi) is 2.96. The predicted molar refractivity (Wildman–Crippen MR) is 83.0 cm³/mol. The van der Waals surface area contributed by atoms with E-state index in [-0.39, 0.29) is 0 Å². The molecule has 0 radical (unpaired) electrons. The van der Waals surface area contributed by atoms with Crippen LogP contribution >= 0.6 is 0 Å². The van der Waals surface area contributed by atoms with E-state index in [1.54, 1.807) is 0 Å². The first kappa shape index (κ1) is 12.8. The highest BCUT2D eigenvalue weighted by Crippen LogP contribution is 2.49. The average molecular weight is 280 g/mol. The Bertz CT molecular complexity index is 600. The van der Waals surface area contributed by atoms with Gasteiger partial charge in [-0.3, -0.25) is 0 Å². The van der Waals surface area contributed by atoms with Gasteiger partial charge in [0.15, 0.2) is 0 Å². The van der Waals surface area contributed by atoms with Crippen molar-refractivity contribution < 1.29 is 5.11 Å². The fourth-order valence-corrected chi connectivity index (χ4v) is 4.06. The smallest absolute Gasteiger partial charge is 0.128 e. The van der Waals surface area contributed by atoms with Crippen LogP contribution in [0.15, 0.2) is 54.7 Å². The molecule has 3 nitrogen and oxygen atoms in total. The summed E-state index contributed by atoms with van der Waals surface area (Å²) >= 11 is 0. The lowest BCUT2D eigenvalue weighted by atomic mass is 9.90. The third-order valence-electron chi connectivity index (χ3n) is 5.06. The number of nitrogens with zero attached hydrogens (tertiary/aromatic N) is 2. The highest BCUT2D eigenvalue weighted by atomic mass is 16.3. The van der Waals surface area contributed by atoms with Crippen molar-refractivity contribution in [2.45, 2.75) is 18.4 Å². The number of aromatic nitrogens is 1. The van der Waals surface area contributed by atoms with Crippen LogP contribution in [-0.2, 0) is 5.60 Å². The van der Waals surface area contributed by atoms with Crippen LogP contribution in [0, 0.1) is 11.8 Å². The SMILES string of the molecule is OC1(c2ccccc2)C[C@H]2CN(c3ccccn3)C[C@H]2C1.